The first kappa shape index (κ1) is 18.7. The number of nitrogens with one attached hydrogen (secondary N) is 1. The first-order valence-corrected chi connectivity index (χ1v) is 9.68. The van der Waals surface area contributed by atoms with E-state index in [1.807, 2.05) is 42.5 Å². The average Bonchev–Trinajstić information content (AvgIpc) is 3.20. The van der Waals surface area contributed by atoms with Crippen LogP contribution in [0, 0.1) is 0 Å². The summed E-state index contributed by atoms with van der Waals surface area (Å²) in [4.78, 5) is 35.5. The van der Waals surface area contributed by atoms with E-state index < -0.39 is 11.9 Å². The molecular formula is C22H18N6O3. The van der Waals surface area contributed by atoms with E-state index in [0.29, 0.717) is 22.5 Å². The van der Waals surface area contributed by atoms with E-state index >= 15 is 0 Å². The Balaban J connectivity index is 1.37. The number of carbonyl (C=O) groups is 2. The van der Waals surface area contributed by atoms with Gasteiger partial charge in [0.05, 0.1) is 16.8 Å². The first-order chi connectivity index (χ1) is 15.1. The van der Waals surface area contributed by atoms with Crippen molar-refractivity contribution in [2.75, 3.05) is 18.6 Å². The quantitative estimate of drug-likeness (QED) is 0.550. The van der Waals surface area contributed by atoms with Crippen LogP contribution in [0.3, 0.4) is 0 Å². The van der Waals surface area contributed by atoms with Gasteiger partial charge in [-0.05, 0) is 24.3 Å². The number of nitrogens with zero attached hydrogens (tertiary/aromatic N) is 5. The SMILES string of the molecule is CN1C(=O)[C@@H](NC(=O)c2ncc3cn(-c4ccccc4)nc3n2)COc2ccccc21. The zero-order valence-electron chi connectivity index (χ0n) is 16.6. The van der Waals surface area contributed by atoms with Gasteiger partial charge in [-0.25, -0.2) is 14.6 Å². The molecule has 31 heavy (non-hydrogen) atoms. The van der Waals surface area contributed by atoms with Gasteiger partial charge < -0.3 is 15.0 Å². The fourth-order valence-corrected chi connectivity index (χ4v) is 3.42. The zero-order valence-corrected chi connectivity index (χ0v) is 16.6. The molecule has 1 aliphatic rings. The predicted octanol–water partition coefficient (Wildman–Crippen LogP) is 1.97. The molecule has 0 fully saturated rings. The lowest BCUT2D eigenvalue weighted by atomic mass is 10.2. The average molecular weight is 414 g/mol. The van der Waals surface area contributed by atoms with Crippen molar-refractivity contribution in [2.24, 2.45) is 0 Å². The molecule has 0 saturated carbocycles. The van der Waals surface area contributed by atoms with Gasteiger partial charge in [0.2, 0.25) is 5.82 Å². The molecular weight excluding hydrogens is 396 g/mol. The highest BCUT2D eigenvalue weighted by atomic mass is 16.5. The topological polar surface area (TPSA) is 102 Å². The highest BCUT2D eigenvalue weighted by Gasteiger charge is 2.31. The second-order valence-electron chi connectivity index (χ2n) is 7.08. The minimum Gasteiger partial charge on any atom is -0.489 e. The summed E-state index contributed by atoms with van der Waals surface area (Å²) < 4.78 is 7.40. The van der Waals surface area contributed by atoms with E-state index in [-0.39, 0.29) is 18.3 Å². The molecule has 3 heterocycles. The van der Waals surface area contributed by atoms with Crippen molar-refractivity contribution in [3.63, 3.8) is 0 Å². The van der Waals surface area contributed by atoms with Gasteiger partial charge in [-0.15, -0.1) is 5.10 Å². The predicted molar refractivity (Wildman–Crippen MR) is 113 cm³/mol. The van der Waals surface area contributed by atoms with Crippen molar-refractivity contribution in [2.45, 2.75) is 6.04 Å². The molecule has 0 radical (unpaired) electrons. The largest absolute Gasteiger partial charge is 0.489 e. The van der Waals surface area contributed by atoms with Gasteiger partial charge in [0.25, 0.3) is 11.8 Å². The lowest BCUT2D eigenvalue weighted by molar-refractivity contribution is -0.120. The third-order valence-corrected chi connectivity index (χ3v) is 5.05. The highest BCUT2D eigenvalue weighted by molar-refractivity contribution is 6.02. The number of rotatable bonds is 3. The molecule has 2 aromatic carbocycles. The molecule has 1 N–H and O–H groups in total. The van der Waals surface area contributed by atoms with Gasteiger partial charge in [0.1, 0.15) is 18.4 Å². The summed E-state index contributed by atoms with van der Waals surface area (Å²) in [5.74, 6) is -0.340. The van der Waals surface area contributed by atoms with Crippen LogP contribution in [-0.4, -0.2) is 51.3 Å². The Morgan fingerprint density at radius 3 is 2.74 bits per heavy atom. The van der Waals surface area contributed by atoms with Crippen LogP contribution < -0.4 is 15.0 Å². The zero-order chi connectivity index (χ0) is 21.4. The maximum absolute atomic E-state index is 12.8. The number of likely N-dealkylation sites (N-methyl/N-ethyl adjacent to an activating group) is 1. The molecule has 1 atom stereocenters. The molecule has 9 nitrogen and oxygen atoms in total. The molecule has 0 saturated heterocycles. The summed E-state index contributed by atoms with van der Waals surface area (Å²) in [6.07, 6.45) is 3.33. The van der Waals surface area contributed by atoms with E-state index in [1.165, 1.54) is 11.1 Å². The Bertz CT molecular complexity index is 1290. The minimum absolute atomic E-state index is 0.0107. The van der Waals surface area contributed by atoms with Gasteiger partial charge in [0, 0.05) is 19.4 Å². The van der Waals surface area contributed by atoms with Crippen molar-refractivity contribution in [1.29, 1.82) is 0 Å². The third kappa shape index (κ3) is 3.46. The monoisotopic (exact) mass is 414 g/mol. The molecule has 0 aliphatic carbocycles. The van der Waals surface area contributed by atoms with Crippen molar-refractivity contribution in [1.82, 2.24) is 25.1 Å². The lowest BCUT2D eigenvalue weighted by Crippen LogP contribution is -2.49. The molecule has 1 aliphatic heterocycles. The Hall–Kier alpha value is -4.27. The maximum atomic E-state index is 12.8. The smallest absolute Gasteiger partial charge is 0.289 e. The molecule has 4 aromatic rings. The fourth-order valence-electron chi connectivity index (χ4n) is 3.42. The number of anilines is 1. The lowest BCUT2D eigenvalue weighted by Gasteiger charge is -2.20. The number of amides is 2. The van der Waals surface area contributed by atoms with E-state index in [4.69, 9.17) is 4.74 Å². The molecule has 0 spiro atoms. The number of ether oxygens (including phenoxy) is 1. The number of carbonyl (C=O) groups excluding carboxylic acids is 2. The summed E-state index contributed by atoms with van der Waals surface area (Å²) in [5, 5.41) is 7.80. The highest BCUT2D eigenvalue weighted by Crippen LogP contribution is 2.29. The third-order valence-electron chi connectivity index (χ3n) is 5.05. The summed E-state index contributed by atoms with van der Waals surface area (Å²) in [5.41, 5.74) is 1.90. The van der Waals surface area contributed by atoms with Crippen LogP contribution in [0.5, 0.6) is 5.75 Å². The van der Waals surface area contributed by atoms with Crippen LogP contribution in [0.15, 0.2) is 67.0 Å². The fraction of sp³-hybridized carbons (Fsp3) is 0.136. The summed E-state index contributed by atoms with van der Waals surface area (Å²) in [6, 6.07) is 15.9. The number of hydrogen-bond acceptors (Lipinski definition) is 6. The Kier molecular flexibility index (Phi) is 4.55. The molecule has 2 aromatic heterocycles. The van der Waals surface area contributed by atoms with Crippen molar-refractivity contribution >= 4 is 28.5 Å². The van der Waals surface area contributed by atoms with Gasteiger partial charge >= 0.3 is 0 Å². The number of para-hydroxylation sites is 3. The van der Waals surface area contributed by atoms with Crippen LogP contribution in [0.25, 0.3) is 16.7 Å². The molecule has 5 rings (SSSR count). The van der Waals surface area contributed by atoms with Crippen LogP contribution in [-0.2, 0) is 4.79 Å². The number of hydrogen-bond donors (Lipinski definition) is 1. The number of aromatic nitrogens is 4. The van der Waals surface area contributed by atoms with Gasteiger partial charge in [0.15, 0.2) is 5.65 Å². The Labute approximate surface area is 177 Å². The molecule has 2 amide bonds. The van der Waals surface area contributed by atoms with Crippen LogP contribution in [0.1, 0.15) is 10.6 Å². The molecule has 9 heteroatoms. The van der Waals surface area contributed by atoms with E-state index in [0.717, 1.165) is 5.69 Å². The number of fused-ring (bicyclic) bond motifs is 2. The van der Waals surface area contributed by atoms with Crippen molar-refractivity contribution in [3.05, 3.63) is 72.8 Å². The Morgan fingerprint density at radius 2 is 1.90 bits per heavy atom. The summed E-state index contributed by atoms with van der Waals surface area (Å²) in [7, 11) is 1.65. The summed E-state index contributed by atoms with van der Waals surface area (Å²) in [6.45, 7) is 0.0107. The van der Waals surface area contributed by atoms with Gasteiger partial charge in [-0.2, -0.15) is 0 Å². The second kappa shape index (κ2) is 7.52. The molecule has 154 valence electrons. The molecule has 0 unspecified atom stereocenters. The van der Waals surface area contributed by atoms with Crippen LogP contribution >= 0.6 is 0 Å². The maximum Gasteiger partial charge on any atom is 0.289 e. The second-order valence-corrected chi connectivity index (χ2v) is 7.08. The minimum atomic E-state index is -0.869. The normalized spacial score (nSPS) is 15.8. The number of benzene rings is 2. The van der Waals surface area contributed by atoms with E-state index in [2.05, 4.69) is 20.4 Å². The van der Waals surface area contributed by atoms with E-state index in [1.54, 1.807) is 30.1 Å². The standard InChI is InChI=1S/C22H18N6O3/c1-27-17-9-5-6-10-18(17)31-13-16(22(27)30)24-21(29)20-23-11-14-12-28(26-19(14)25-20)15-7-3-2-4-8-15/h2-12,16H,13H2,1H3,(H,24,29)/t16-/m0/s1. The van der Waals surface area contributed by atoms with E-state index in [9.17, 15) is 9.59 Å². The van der Waals surface area contributed by atoms with Crippen LogP contribution in [0.4, 0.5) is 5.69 Å². The van der Waals surface area contributed by atoms with Crippen LogP contribution in [0.2, 0.25) is 0 Å². The van der Waals surface area contributed by atoms with Gasteiger partial charge in [-0.3, -0.25) is 9.59 Å². The van der Waals surface area contributed by atoms with Crippen molar-refractivity contribution in [3.8, 4) is 11.4 Å². The van der Waals surface area contributed by atoms with Gasteiger partial charge in [-0.1, -0.05) is 30.3 Å². The molecule has 0 bridgehead atoms. The first-order valence-electron chi connectivity index (χ1n) is 9.68. The Morgan fingerprint density at radius 1 is 1.13 bits per heavy atom. The summed E-state index contributed by atoms with van der Waals surface area (Å²) >= 11 is 0. The van der Waals surface area contributed by atoms with Crippen molar-refractivity contribution < 1.29 is 14.3 Å².